The number of ether oxygens (including phenoxy) is 1. The molecular formula is C18H28O4. The lowest BCUT2D eigenvalue weighted by molar-refractivity contribution is -0.150. The standard InChI is InChI=1S/C18H28O4/c1-3-4-13(2)14-5-7-15(8-6-14)18(11-12-18)22-17(21)10-9-16(19)20/h9-10,13-15H,3-8,11-12H2,1-2H3,(H,19,20)/b10-9+. The smallest absolute Gasteiger partial charge is 0.331 e. The zero-order valence-corrected chi connectivity index (χ0v) is 13.7. The summed E-state index contributed by atoms with van der Waals surface area (Å²) in [5.74, 6) is 0.435. The molecule has 0 aromatic carbocycles. The van der Waals surface area contributed by atoms with Crippen LogP contribution >= 0.6 is 0 Å². The molecule has 1 atom stereocenters. The van der Waals surface area contributed by atoms with Crippen molar-refractivity contribution in [1.29, 1.82) is 0 Å². The average Bonchev–Trinajstić information content (AvgIpc) is 3.26. The van der Waals surface area contributed by atoms with E-state index in [0.29, 0.717) is 5.92 Å². The Hall–Kier alpha value is -1.32. The van der Waals surface area contributed by atoms with Crippen molar-refractivity contribution in [2.24, 2.45) is 17.8 Å². The molecule has 4 heteroatoms. The number of rotatable bonds is 7. The molecular weight excluding hydrogens is 280 g/mol. The highest BCUT2D eigenvalue weighted by Gasteiger charge is 2.53. The molecule has 4 nitrogen and oxygen atoms in total. The summed E-state index contributed by atoms with van der Waals surface area (Å²) in [5.41, 5.74) is -0.293. The number of carboxylic acids is 1. The summed E-state index contributed by atoms with van der Waals surface area (Å²) in [5, 5.41) is 8.56. The fraction of sp³-hybridized carbons (Fsp3) is 0.778. The predicted molar refractivity (Wildman–Crippen MR) is 84.4 cm³/mol. The molecule has 0 radical (unpaired) electrons. The molecule has 1 N–H and O–H groups in total. The number of esters is 1. The topological polar surface area (TPSA) is 63.6 Å². The maximum atomic E-state index is 11.7. The van der Waals surface area contributed by atoms with E-state index in [0.717, 1.165) is 49.7 Å². The molecule has 2 aliphatic rings. The van der Waals surface area contributed by atoms with Crippen molar-refractivity contribution in [2.75, 3.05) is 0 Å². The molecule has 2 aliphatic carbocycles. The van der Waals surface area contributed by atoms with E-state index in [2.05, 4.69) is 13.8 Å². The van der Waals surface area contributed by atoms with Gasteiger partial charge in [0.25, 0.3) is 0 Å². The lowest BCUT2D eigenvalue weighted by Crippen LogP contribution is -2.33. The van der Waals surface area contributed by atoms with E-state index in [-0.39, 0.29) is 5.60 Å². The van der Waals surface area contributed by atoms with Crippen molar-refractivity contribution in [3.63, 3.8) is 0 Å². The summed E-state index contributed by atoms with van der Waals surface area (Å²) in [7, 11) is 0. The summed E-state index contributed by atoms with van der Waals surface area (Å²) in [4.78, 5) is 22.2. The minimum Gasteiger partial charge on any atom is -0.478 e. The maximum absolute atomic E-state index is 11.7. The molecule has 1 unspecified atom stereocenters. The Morgan fingerprint density at radius 2 is 1.86 bits per heavy atom. The summed E-state index contributed by atoms with van der Waals surface area (Å²) >= 11 is 0. The molecule has 0 spiro atoms. The van der Waals surface area contributed by atoms with Gasteiger partial charge < -0.3 is 9.84 Å². The third kappa shape index (κ3) is 4.34. The van der Waals surface area contributed by atoms with Crippen molar-refractivity contribution in [3.8, 4) is 0 Å². The Bertz CT molecular complexity index is 428. The lowest BCUT2D eigenvalue weighted by Gasteiger charge is -2.36. The summed E-state index contributed by atoms with van der Waals surface area (Å²) < 4.78 is 5.59. The first-order chi connectivity index (χ1) is 10.5. The van der Waals surface area contributed by atoms with E-state index >= 15 is 0 Å². The summed E-state index contributed by atoms with van der Waals surface area (Å²) in [6.45, 7) is 4.60. The second kappa shape index (κ2) is 7.30. The van der Waals surface area contributed by atoms with Crippen molar-refractivity contribution in [3.05, 3.63) is 12.2 Å². The van der Waals surface area contributed by atoms with Gasteiger partial charge in [-0.05, 0) is 56.3 Å². The largest absolute Gasteiger partial charge is 0.478 e. The fourth-order valence-electron chi connectivity index (χ4n) is 4.00. The lowest BCUT2D eigenvalue weighted by atomic mass is 9.73. The molecule has 2 fully saturated rings. The highest BCUT2D eigenvalue weighted by atomic mass is 16.6. The molecule has 2 saturated carbocycles. The molecule has 0 aromatic heterocycles. The van der Waals surface area contributed by atoms with Gasteiger partial charge in [-0.15, -0.1) is 0 Å². The molecule has 0 aromatic rings. The molecule has 124 valence electrons. The van der Waals surface area contributed by atoms with Gasteiger partial charge in [-0.1, -0.05) is 26.7 Å². The molecule has 0 saturated heterocycles. The minimum absolute atomic E-state index is 0.293. The Kier molecular flexibility index (Phi) is 5.65. The fourth-order valence-corrected chi connectivity index (χ4v) is 4.00. The van der Waals surface area contributed by atoms with Crippen LogP contribution in [0.2, 0.25) is 0 Å². The first-order valence-electron chi connectivity index (χ1n) is 8.61. The summed E-state index contributed by atoms with van der Waals surface area (Å²) in [6.07, 6.45) is 11.0. The molecule has 0 amide bonds. The monoisotopic (exact) mass is 308 g/mol. The van der Waals surface area contributed by atoms with Gasteiger partial charge in [-0.25, -0.2) is 9.59 Å². The Morgan fingerprint density at radius 3 is 2.36 bits per heavy atom. The molecule has 2 rings (SSSR count). The van der Waals surface area contributed by atoms with Gasteiger partial charge in [0.1, 0.15) is 5.60 Å². The van der Waals surface area contributed by atoms with Crippen LogP contribution in [0.15, 0.2) is 12.2 Å². The molecule has 0 heterocycles. The number of hydrogen-bond acceptors (Lipinski definition) is 3. The van der Waals surface area contributed by atoms with E-state index in [1.165, 1.54) is 25.7 Å². The van der Waals surface area contributed by atoms with Crippen LogP contribution < -0.4 is 0 Å². The number of carboxylic acid groups (broad SMARTS) is 1. The minimum atomic E-state index is -1.12. The van der Waals surface area contributed by atoms with Crippen LogP contribution in [0.1, 0.15) is 65.2 Å². The van der Waals surface area contributed by atoms with E-state index < -0.39 is 11.9 Å². The zero-order valence-electron chi connectivity index (χ0n) is 13.7. The van der Waals surface area contributed by atoms with Gasteiger partial charge in [0.05, 0.1) is 0 Å². The van der Waals surface area contributed by atoms with E-state index in [1.807, 2.05) is 0 Å². The van der Waals surface area contributed by atoms with Crippen molar-refractivity contribution in [1.82, 2.24) is 0 Å². The first-order valence-corrected chi connectivity index (χ1v) is 8.61. The average molecular weight is 308 g/mol. The van der Waals surface area contributed by atoms with Crippen LogP contribution in [0.3, 0.4) is 0 Å². The number of aliphatic carboxylic acids is 1. The van der Waals surface area contributed by atoms with Gasteiger partial charge in [-0.3, -0.25) is 0 Å². The van der Waals surface area contributed by atoms with Gasteiger partial charge in [0.15, 0.2) is 0 Å². The quantitative estimate of drug-likeness (QED) is 0.571. The van der Waals surface area contributed by atoms with Crippen molar-refractivity contribution < 1.29 is 19.4 Å². The van der Waals surface area contributed by atoms with E-state index in [4.69, 9.17) is 9.84 Å². The van der Waals surface area contributed by atoms with Crippen LogP contribution in [0, 0.1) is 17.8 Å². The third-order valence-electron chi connectivity index (χ3n) is 5.47. The molecule has 22 heavy (non-hydrogen) atoms. The van der Waals surface area contributed by atoms with Gasteiger partial charge in [-0.2, -0.15) is 0 Å². The molecule has 0 bridgehead atoms. The van der Waals surface area contributed by atoms with Crippen LogP contribution in [0.5, 0.6) is 0 Å². The maximum Gasteiger partial charge on any atom is 0.331 e. The third-order valence-corrected chi connectivity index (χ3v) is 5.47. The first kappa shape index (κ1) is 17.0. The van der Waals surface area contributed by atoms with Crippen LogP contribution in [0.25, 0.3) is 0 Å². The SMILES string of the molecule is CCCC(C)C1CCC(C2(OC(=O)/C=C/C(=O)O)CC2)CC1. The second-order valence-corrected chi connectivity index (χ2v) is 7.04. The highest BCUT2D eigenvalue weighted by molar-refractivity contribution is 5.91. The Morgan fingerprint density at radius 1 is 1.23 bits per heavy atom. The second-order valence-electron chi connectivity index (χ2n) is 7.04. The van der Waals surface area contributed by atoms with Crippen LogP contribution in [0.4, 0.5) is 0 Å². The van der Waals surface area contributed by atoms with E-state index in [9.17, 15) is 9.59 Å². The molecule has 0 aliphatic heterocycles. The predicted octanol–water partition coefficient (Wildman–Crippen LogP) is 3.95. The van der Waals surface area contributed by atoms with Gasteiger partial charge in [0, 0.05) is 12.2 Å². The van der Waals surface area contributed by atoms with E-state index in [1.54, 1.807) is 0 Å². The van der Waals surface area contributed by atoms with Gasteiger partial charge in [0.2, 0.25) is 0 Å². The zero-order chi connectivity index (χ0) is 16.2. The number of carbonyl (C=O) groups is 2. The number of carbonyl (C=O) groups excluding carboxylic acids is 1. The Balaban J connectivity index is 1.83. The highest BCUT2D eigenvalue weighted by Crippen LogP contribution is 2.52. The normalized spacial score (nSPS) is 28.3. The number of hydrogen-bond donors (Lipinski definition) is 1. The van der Waals surface area contributed by atoms with Crippen LogP contribution in [-0.2, 0) is 14.3 Å². The van der Waals surface area contributed by atoms with Crippen molar-refractivity contribution in [2.45, 2.75) is 70.8 Å². The van der Waals surface area contributed by atoms with Crippen LogP contribution in [-0.4, -0.2) is 22.6 Å². The summed E-state index contributed by atoms with van der Waals surface area (Å²) in [6, 6.07) is 0. The Labute approximate surface area is 132 Å². The van der Waals surface area contributed by atoms with Gasteiger partial charge >= 0.3 is 11.9 Å². The van der Waals surface area contributed by atoms with Crippen molar-refractivity contribution >= 4 is 11.9 Å².